The molecule has 0 fully saturated rings. The molecule has 0 aliphatic carbocycles. The molecule has 0 aliphatic rings. The number of esters is 2. The van der Waals surface area contributed by atoms with Gasteiger partial charge >= 0.3 is 18.1 Å². The smallest absolute Gasteiger partial charge is 0.416 e. The van der Waals surface area contributed by atoms with Gasteiger partial charge in [-0.3, -0.25) is 14.4 Å². The summed E-state index contributed by atoms with van der Waals surface area (Å²) in [5.41, 5.74) is -1.04. The third-order valence-electron chi connectivity index (χ3n) is 8.38. The van der Waals surface area contributed by atoms with Crippen molar-refractivity contribution in [3.63, 3.8) is 0 Å². The largest absolute Gasteiger partial charge is 0.497 e. The normalized spacial score (nSPS) is 11.4. The van der Waals surface area contributed by atoms with E-state index in [1.807, 2.05) is 0 Å². The van der Waals surface area contributed by atoms with Gasteiger partial charge in [0.25, 0.3) is 5.91 Å². The van der Waals surface area contributed by atoms with Crippen LogP contribution in [0.25, 0.3) is 0 Å². The molecule has 1 heterocycles. The Bertz CT molecular complexity index is 1960. The van der Waals surface area contributed by atoms with Gasteiger partial charge in [-0.1, -0.05) is 50.8 Å². The van der Waals surface area contributed by atoms with Crippen molar-refractivity contribution in [1.29, 1.82) is 0 Å². The minimum absolute atomic E-state index is 0.00135. The highest BCUT2D eigenvalue weighted by Gasteiger charge is 2.34. The standard InChI is InChI=1S/C43H48F3N3O8/c1-6-7-8-9-10-23-55-33-19-13-30(14-20-33)41(53)56-34-17-11-29(12-18-34)27-49(28-39(51)57-42(2,3)4)40(52)37-22-16-32(26-47-37)48-38(50)24-31-15-21-35(54-5)25-36(31)43(44,45)46/h11-22,25-26H,6-10,23-24,27-28H2,1-5H3,(H,48,50). The first-order chi connectivity index (χ1) is 27.0. The number of anilines is 1. The molecule has 0 saturated carbocycles. The number of halogens is 3. The predicted octanol–water partition coefficient (Wildman–Crippen LogP) is 8.84. The first-order valence-corrected chi connectivity index (χ1v) is 18.6. The number of carbonyl (C=O) groups excluding carboxylic acids is 4. The Hall–Kier alpha value is -5.92. The number of hydrogen-bond acceptors (Lipinski definition) is 9. The van der Waals surface area contributed by atoms with E-state index in [1.165, 1.54) is 61.7 Å². The fourth-order valence-electron chi connectivity index (χ4n) is 5.60. The Kier molecular flexibility index (Phi) is 15.6. The van der Waals surface area contributed by atoms with E-state index in [2.05, 4.69) is 17.2 Å². The van der Waals surface area contributed by atoms with Crippen molar-refractivity contribution in [2.24, 2.45) is 0 Å². The number of nitrogens with zero attached hydrogens (tertiary/aromatic N) is 2. The number of carbonyl (C=O) groups is 4. The van der Waals surface area contributed by atoms with Gasteiger partial charge in [-0.25, -0.2) is 9.78 Å². The van der Waals surface area contributed by atoms with Gasteiger partial charge in [0.15, 0.2) is 0 Å². The monoisotopic (exact) mass is 791 g/mol. The molecule has 0 aliphatic heterocycles. The minimum Gasteiger partial charge on any atom is -0.497 e. The van der Waals surface area contributed by atoms with Crippen molar-refractivity contribution in [2.75, 3.05) is 25.6 Å². The van der Waals surface area contributed by atoms with E-state index in [9.17, 15) is 32.3 Å². The van der Waals surface area contributed by atoms with Crippen LogP contribution < -0.4 is 19.5 Å². The molecule has 2 amide bonds. The summed E-state index contributed by atoms with van der Waals surface area (Å²) in [4.78, 5) is 57.5. The predicted molar refractivity (Wildman–Crippen MR) is 207 cm³/mol. The van der Waals surface area contributed by atoms with Crippen LogP contribution >= 0.6 is 0 Å². The van der Waals surface area contributed by atoms with Gasteiger partial charge in [0.2, 0.25) is 5.91 Å². The van der Waals surface area contributed by atoms with Crippen molar-refractivity contribution >= 4 is 29.4 Å². The number of nitrogens with one attached hydrogen (secondary N) is 1. The van der Waals surface area contributed by atoms with E-state index in [4.69, 9.17) is 18.9 Å². The molecule has 0 spiro atoms. The third kappa shape index (κ3) is 14.3. The van der Waals surface area contributed by atoms with Crippen LogP contribution in [-0.4, -0.2) is 59.5 Å². The summed E-state index contributed by atoms with van der Waals surface area (Å²) in [7, 11) is 1.24. The maximum atomic E-state index is 13.7. The average molecular weight is 792 g/mol. The van der Waals surface area contributed by atoms with E-state index in [1.54, 1.807) is 69.3 Å². The number of pyridine rings is 1. The highest BCUT2D eigenvalue weighted by molar-refractivity contribution is 5.96. The summed E-state index contributed by atoms with van der Waals surface area (Å²) >= 11 is 0. The van der Waals surface area contributed by atoms with Gasteiger partial charge < -0.3 is 29.2 Å². The number of hydrogen-bond donors (Lipinski definition) is 1. The number of alkyl halides is 3. The number of unbranched alkanes of at least 4 members (excludes halogenated alkanes) is 4. The van der Waals surface area contributed by atoms with E-state index in [-0.39, 0.29) is 35.0 Å². The van der Waals surface area contributed by atoms with Gasteiger partial charge in [0, 0.05) is 6.54 Å². The number of ether oxygens (including phenoxy) is 4. The molecule has 57 heavy (non-hydrogen) atoms. The summed E-state index contributed by atoms with van der Waals surface area (Å²) in [6, 6.07) is 19.2. The number of amides is 2. The van der Waals surface area contributed by atoms with Crippen molar-refractivity contribution in [3.8, 4) is 17.2 Å². The lowest BCUT2D eigenvalue weighted by atomic mass is 10.0. The van der Waals surface area contributed by atoms with Crippen LogP contribution in [0.5, 0.6) is 17.2 Å². The van der Waals surface area contributed by atoms with Gasteiger partial charge in [0.05, 0.1) is 43.1 Å². The number of benzene rings is 3. The molecule has 0 saturated heterocycles. The number of aromatic nitrogens is 1. The van der Waals surface area contributed by atoms with Crippen molar-refractivity contribution < 1.29 is 51.3 Å². The highest BCUT2D eigenvalue weighted by atomic mass is 19.4. The second kappa shape index (κ2) is 20.3. The molecule has 3 aromatic carbocycles. The third-order valence-corrected chi connectivity index (χ3v) is 8.38. The molecule has 1 aromatic heterocycles. The summed E-state index contributed by atoms with van der Waals surface area (Å²) in [5, 5.41) is 2.50. The van der Waals surface area contributed by atoms with Crippen LogP contribution in [0.3, 0.4) is 0 Å². The molecule has 0 atom stereocenters. The molecule has 1 N–H and O–H groups in total. The lowest BCUT2D eigenvalue weighted by Gasteiger charge is -2.25. The first kappa shape index (κ1) is 43.8. The van der Waals surface area contributed by atoms with Gasteiger partial charge in [-0.15, -0.1) is 0 Å². The Morgan fingerprint density at radius 1 is 0.807 bits per heavy atom. The second-order valence-corrected chi connectivity index (χ2v) is 14.2. The van der Waals surface area contributed by atoms with Crippen molar-refractivity contribution in [3.05, 3.63) is 113 Å². The van der Waals surface area contributed by atoms with E-state index in [0.29, 0.717) is 23.5 Å². The van der Waals surface area contributed by atoms with Crippen LogP contribution in [0.15, 0.2) is 85.1 Å². The number of methoxy groups -OCH3 is 1. The van der Waals surface area contributed by atoms with Crippen LogP contribution in [0.4, 0.5) is 18.9 Å². The van der Waals surface area contributed by atoms with Crippen LogP contribution in [0.2, 0.25) is 0 Å². The quantitative estimate of drug-likeness (QED) is 0.0596. The Morgan fingerprint density at radius 3 is 2.09 bits per heavy atom. The van der Waals surface area contributed by atoms with E-state index >= 15 is 0 Å². The van der Waals surface area contributed by atoms with Crippen LogP contribution in [0, 0.1) is 0 Å². The summed E-state index contributed by atoms with van der Waals surface area (Å²) in [6.07, 6.45) is 1.55. The fourth-order valence-corrected chi connectivity index (χ4v) is 5.60. The first-order valence-electron chi connectivity index (χ1n) is 18.6. The molecule has 0 radical (unpaired) electrons. The molecule has 0 bridgehead atoms. The molecule has 11 nitrogen and oxygen atoms in total. The molecule has 0 unspecified atom stereocenters. The highest BCUT2D eigenvalue weighted by Crippen LogP contribution is 2.35. The fraction of sp³-hybridized carbons (Fsp3) is 0.372. The SMILES string of the molecule is CCCCCCCOc1ccc(C(=O)Oc2ccc(CN(CC(=O)OC(C)(C)C)C(=O)c3ccc(NC(=O)Cc4ccc(OC)cc4C(F)(F)F)cn3)cc2)cc1. The maximum Gasteiger partial charge on any atom is 0.416 e. The van der Waals surface area contributed by atoms with E-state index < -0.39 is 54.1 Å². The molecule has 4 aromatic rings. The lowest BCUT2D eigenvalue weighted by Crippen LogP contribution is -2.38. The summed E-state index contributed by atoms with van der Waals surface area (Å²) in [6.45, 7) is 7.40. The summed E-state index contributed by atoms with van der Waals surface area (Å²) < 4.78 is 62.5. The van der Waals surface area contributed by atoms with Gasteiger partial charge in [-0.05, 0) is 99.0 Å². The van der Waals surface area contributed by atoms with Crippen LogP contribution in [-0.2, 0) is 33.5 Å². The van der Waals surface area contributed by atoms with Gasteiger partial charge in [0.1, 0.15) is 35.1 Å². The summed E-state index contributed by atoms with van der Waals surface area (Å²) in [5.74, 6) is -1.66. The zero-order valence-corrected chi connectivity index (χ0v) is 32.7. The van der Waals surface area contributed by atoms with Gasteiger partial charge in [-0.2, -0.15) is 13.2 Å². The van der Waals surface area contributed by atoms with Crippen LogP contribution in [0.1, 0.15) is 97.3 Å². The molecular weight excluding hydrogens is 743 g/mol. The molecule has 14 heteroatoms. The average Bonchev–Trinajstić information content (AvgIpc) is 3.16. The topological polar surface area (TPSA) is 133 Å². The zero-order chi connectivity index (χ0) is 41.6. The van der Waals surface area contributed by atoms with Crippen molar-refractivity contribution in [2.45, 2.75) is 84.5 Å². The Balaban J connectivity index is 1.39. The Morgan fingerprint density at radius 2 is 1.47 bits per heavy atom. The second-order valence-electron chi connectivity index (χ2n) is 14.2. The van der Waals surface area contributed by atoms with Crippen molar-refractivity contribution in [1.82, 2.24) is 9.88 Å². The molecule has 4 rings (SSSR count). The zero-order valence-electron chi connectivity index (χ0n) is 32.7. The lowest BCUT2D eigenvalue weighted by molar-refractivity contribution is -0.155. The van der Waals surface area contributed by atoms with E-state index in [0.717, 1.165) is 18.9 Å². The maximum absolute atomic E-state index is 13.7. The molecular formula is C43H48F3N3O8. The number of rotatable bonds is 18. The molecule has 304 valence electrons. The Labute approximate surface area is 330 Å². The minimum atomic E-state index is -4.70.